The number of carbonyl (C=O) groups excluding carboxylic acids is 2. The number of anilines is 2. The van der Waals surface area contributed by atoms with Gasteiger partial charge in [0.15, 0.2) is 0 Å². The topological polar surface area (TPSA) is 70.7 Å². The average molecular weight is 339 g/mol. The van der Waals surface area contributed by atoms with Crippen LogP contribution >= 0.6 is 0 Å². The van der Waals surface area contributed by atoms with Crippen molar-refractivity contribution in [2.75, 3.05) is 29.9 Å². The molecule has 1 heterocycles. The summed E-state index contributed by atoms with van der Waals surface area (Å²) in [4.78, 5) is 26.2. The Morgan fingerprint density at radius 3 is 2.72 bits per heavy atom. The van der Waals surface area contributed by atoms with Crippen LogP contribution in [0.4, 0.5) is 16.2 Å². The van der Waals surface area contributed by atoms with Gasteiger partial charge in [-0.25, -0.2) is 4.79 Å². The normalized spacial score (nSPS) is 12.4. The summed E-state index contributed by atoms with van der Waals surface area (Å²) in [6, 6.07) is 14.6. The van der Waals surface area contributed by atoms with Crippen molar-refractivity contribution >= 4 is 23.3 Å². The Hall–Kier alpha value is -3.02. The third-order valence-electron chi connectivity index (χ3n) is 4.02. The predicted molar refractivity (Wildman–Crippen MR) is 97.1 cm³/mol. The minimum atomic E-state index is -0.437. The van der Waals surface area contributed by atoms with Crippen LogP contribution in [-0.4, -0.2) is 31.6 Å². The molecule has 6 heteroatoms. The molecule has 0 aliphatic carbocycles. The van der Waals surface area contributed by atoms with Gasteiger partial charge in [0.2, 0.25) is 5.91 Å². The molecule has 3 rings (SSSR count). The second-order valence-electron chi connectivity index (χ2n) is 5.66. The van der Waals surface area contributed by atoms with Gasteiger partial charge in [0.1, 0.15) is 5.75 Å². The van der Waals surface area contributed by atoms with Crippen LogP contribution in [-0.2, 0) is 11.2 Å². The molecule has 0 unspecified atom stereocenters. The van der Waals surface area contributed by atoms with E-state index in [4.69, 9.17) is 4.74 Å². The summed E-state index contributed by atoms with van der Waals surface area (Å²) < 4.78 is 5.47. The minimum absolute atomic E-state index is 0.0586. The molecule has 2 aromatic carbocycles. The third kappa shape index (κ3) is 3.91. The maximum atomic E-state index is 12.4. The Bertz CT molecular complexity index is 776. The highest BCUT2D eigenvalue weighted by Crippen LogP contribution is 2.27. The van der Waals surface area contributed by atoms with E-state index in [1.165, 1.54) is 0 Å². The summed E-state index contributed by atoms with van der Waals surface area (Å²) in [6.45, 7) is 2.97. The van der Waals surface area contributed by atoms with E-state index in [2.05, 4.69) is 10.6 Å². The molecule has 6 nitrogen and oxygen atoms in total. The molecule has 2 aromatic rings. The Morgan fingerprint density at radius 2 is 1.88 bits per heavy atom. The van der Waals surface area contributed by atoms with E-state index in [1.54, 1.807) is 17.0 Å². The standard InChI is InChI=1S/C19H21N3O3/c1-2-25-17-10-6-4-8-15(17)21-19(24)20-13-18(23)22-12-11-14-7-3-5-9-16(14)22/h3-10H,2,11-13H2,1H3,(H2,20,21,24). The van der Waals surface area contributed by atoms with Crippen LogP contribution in [0.3, 0.4) is 0 Å². The number of para-hydroxylation sites is 3. The molecule has 0 spiro atoms. The van der Waals surface area contributed by atoms with Crippen LogP contribution in [0.15, 0.2) is 48.5 Å². The summed E-state index contributed by atoms with van der Waals surface area (Å²) in [5.41, 5.74) is 2.66. The summed E-state index contributed by atoms with van der Waals surface area (Å²) in [6.07, 6.45) is 0.843. The largest absolute Gasteiger partial charge is 0.492 e. The number of hydrogen-bond donors (Lipinski definition) is 2. The maximum absolute atomic E-state index is 12.4. The monoisotopic (exact) mass is 339 g/mol. The molecular weight excluding hydrogens is 318 g/mol. The molecule has 0 fully saturated rings. The van der Waals surface area contributed by atoms with Crippen LogP contribution in [0.5, 0.6) is 5.75 Å². The molecule has 0 aromatic heterocycles. The molecule has 3 amide bonds. The van der Waals surface area contributed by atoms with Gasteiger partial charge in [0.25, 0.3) is 0 Å². The lowest BCUT2D eigenvalue weighted by molar-refractivity contribution is -0.117. The SMILES string of the molecule is CCOc1ccccc1NC(=O)NCC(=O)N1CCc2ccccc21. The number of fused-ring (bicyclic) bond motifs is 1. The predicted octanol–water partition coefficient (Wildman–Crippen LogP) is 2.80. The van der Waals surface area contributed by atoms with E-state index in [9.17, 15) is 9.59 Å². The van der Waals surface area contributed by atoms with Gasteiger partial charge in [-0.3, -0.25) is 4.79 Å². The zero-order valence-electron chi connectivity index (χ0n) is 14.1. The van der Waals surface area contributed by atoms with Gasteiger partial charge in [-0.15, -0.1) is 0 Å². The van der Waals surface area contributed by atoms with E-state index >= 15 is 0 Å². The van der Waals surface area contributed by atoms with E-state index < -0.39 is 6.03 Å². The van der Waals surface area contributed by atoms with Crippen molar-refractivity contribution in [3.8, 4) is 5.75 Å². The first-order chi connectivity index (χ1) is 12.2. The molecule has 0 atom stereocenters. The molecule has 1 aliphatic rings. The third-order valence-corrected chi connectivity index (χ3v) is 4.02. The summed E-state index contributed by atoms with van der Waals surface area (Å²) in [5, 5.41) is 5.33. The van der Waals surface area contributed by atoms with Gasteiger partial charge in [0.05, 0.1) is 18.8 Å². The first kappa shape index (κ1) is 16.8. The van der Waals surface area contributed by atoms with Crippen molar-refractivity contribution in [1.29, 1.82) is 0 Å². The first-order valence-electron chi connectivity index (χ1n) is 8.34. The van der Waals surface area contributed by atoms with Crippen LogP contribution in [0.25, 0.3) is 0 Å². The number of urea groups is 1. The van der Waals surface area contributed by atoms with Gasteiger partial charge in [-0.1, -0.05) is 30.3 Å². The lowest BCUT2D eigenvalue weighted by atomic mass is 10.2. The van der Waals surface area contributed by atoms with E-state index in [1.807, 2.05) is 43.3 Å². The quantitative estimate of drug-likeness (QED) is 0.880. The average Bonchev–Trinajstić information content (AvgIpc) is 3.06. The van der Waals surface area contributed by atoms with Crippen LogP contribution < -0.4 is 20.3 Å². The van der Waals surface area contributed by atoms with E-state index in [-0.39, 0.29) is 12.5 Å². The zero-order valence-corrected chi connectivity index (χ0v) is 14.1. The van der Waals surface area contributed by atoms with Crippen molar-refractivity contribution in [2.24, 2.45) is 0 Å². The fourth-order valence-corrected chi connectivity index (χ4v) is 2.87. The highest BCUT2D eigenvalue weighted by atomic mass is 16.5. The van der Waals surface area contributed by atoms with Gasteiger partial charge >= 0.3 is 6.03 Å². The summed E-state index contributed by atoms with van der Waals surface area (Å²) in [7, 11) is 0. The van der Waals surface area contributed by atoms with Crippen LogP contribution in [0.2, 0.25) is 0 Å². The van der Waals surface area contributed by atoms with Crippen molar-refractivity contribution in [1.82, 2.24) is 5.32 Å². The number of nitrogens with zero attached hydrogens (tertiary/aromatic N) is 1. The summed E-state index contributed by atoms with van der Waals surface area (Å²) >= 11 is 0. The zero-order chi connectivity index (χ0) is 17.6. The van der Waals surface area contributed by atoms with Crippen molar-refractivity contribution < 1.29 is 14.3 Å². The number of carbonyl (C=O) groups is 2. The molecule has 0 saturated heterocycles. The molecule has 0 saturated carbocycles. The van der Waals surface area contributed by atoms with E-state index in [0.29, 0.717) is 24.6 Å². The Balaban J connectivity index is 1.56. The second-order valence-corrected chi connectivity index (χ2v) is 5.66. The van der Waals surface area contributed by atoms with E-state index in [0.717, 1.165) is 17.7 Å². The Kier molecular flexibility index (Phi) is 5.18. The number of amides is 3. The molecule has 0 bridgehead atoms. The van der Waals surface area contributed by atoms with Crippen molar-refractivity contribution in [2.45, 2.75) is 13.3 Å². The van der Waals surface area contributed by atoms with Crippen LogP contribution in [0, 0.1) is 0 Å². The Morgan fingerprint density at radius 1 is 1.12 bits per heavy atom. The lowest BCUT2D eigenvalue weighted by Gasteiger charge is -2.18. The molecule has 130 valence electrons. The van der Waals surface area contributed by atoms with Gasteiger partial charge < -0.3 is 20.3 Å². The highest BCUT2D eigenvalue weighted by Gasteiger charge is 2.24. The molecule has 0 radical (unpaired) electrons. The number of ether oxygens (including phenoxy) is 1. The van der Waals surface area contributed by atoms with Crippen molar-refractivity contribution in [3.05, 3.63) is 54.1 Å². The maximum Gasteiger partial charge on any atom is 0.319 e. The van der Waals surface area contributed by atoms with Crippen molar-refractivity contribution in [3.63, 3.8) is 0 Å². The Labute approximate surface area is 146 Å². The number of hydrogen-bond acceptors (Lipinski definition) is 3. The first-order valence-corrected chi connectivity index (χ1v) is 8.34. The smallest absolute Gasteiger partial charge is 0.319 e. The fourth-order valence-electron chi connectivity index (χ4n) is 2.87. The molecule has 1 aliphatic heterocycles. The van der Waals surface area contributed by atoms with Gasteiger partial charge in [0, 0.05) is 12.2 Å². The fraction of sp³-hybridized carbons (Fsp3) is 0.263. The lowest BCUT2D eigenvalue weighted by Crippen LogP contribution is -2.41. The number of benzene rings is 2. The summed E-state index contributed by atoms with van der Waals surface area (Å²) in [5.74, 6) is 0.471. The highest BCUT2D eigenvalue weighted by molar-refractivity contribution is 6.00. The minimum Gasteiger partial charge on any atom is -0.492 e. The number of nitrogens with one attached hydrogen (secondary N) is 2. The number of rotatable bonds is 5. The molecular formula is C19H21N3O3. The van der Waals surface area contributed by atoms with Gasteiger partial charge in [-0.2, -0.15) is 0 Å². The molecule has 25 heavy (non-hydrogen) atoms. The molecule has 2 N–H and O–H groups in total. The second kappa shape index (κ2) is 7.70. The van der Waals surface area contributed by atoms with Gasteiger partial charge in [-0.05, 0) is 37.1 Å². The van der Waals surface area contributed by atoms with Crippen LogP contribution in [0.1, 0.15) is 12.5 Å².